The highest BCUT2D eigenvalue weighted by atomic mass is 79.9. The molecule has 0 spiro atoms. The number of benzene rings is 2. The minimum Gasteiger partial charge on any atom is -0.457 e. The van der Waals surface area contributed by atoms with Crippen molar-refractivity contribution in [3.8, 4) is 0 Å². The highest BCUT2D eigenvalue weighted by molar-refractivity contribution is 9.08. The van der Waals surface area contributed by atoms with E-state index in [4.69, 9.17) is 4.74 Å². The van der Waals surface area contributed by atoms with Gasteiger partial charge in [0.2, 0.25) is 0 Å². The lowest BCUT2D eigenvalue weighted by atomic mass is 10.1. The number of carbonyl (C=O) groups excluding carboxylic acids is 1. The lowest BCUT2D eigenvalue weighted by Gasteiger charge is -2.05. The minimum atomic E-state index is -0.290. The van der Waals surface area contributed by atoms with Crippen molar-refractivity contribution in [1.29, 1.82) is 0 Å². The monoisotopic (exact) mass is 304 g/mol. The van der Waals surface area contributed by atoms with E-state index < -0.39 is 0 Å². The average Bonchev–Trinajstić information content (AvgIpc) is 2.46. The van der Waals surface area contributed by atoms with E-state index in [1.165, 1.54) is 0 Å². The van der Waals surface area contributed by atoms with Crippen LogP contribution >= 0.6 is 15.9 Å². The second-order valence-electron chi connectivity index (χ2n) is 3.90. The van der Waals surface area contributed by atoms with Crippen LogP contribution in [0.3, 0.4) is 0 Å². The summed E-state index contributed by atoms with van der Waals surface area (Å²) < 4.78 is 5.26. The molecule has 0 heterocycles. The molecular weight excluding hydrogens is 292 g/mol. The first kappa shape index (κ1) is 12.8. The minimum absolute atomic E-state index is 0.290. The summed E-state index contributed by atoms with van der Waals surface area (Å²) in [5.41, 5.74) is 2.63. The Bertz CT molecular complexity index is 523. The number of carbonyl (C=O) groups is 1. The van der Waals surface area contributed by atoms with Crippen LogP contribution in [0.4, 0.5) is 0 Å². The number of esters is 1. The lowest BCUT2D eigenvalue weighted by Crippen LogP contribution is -2.05. The molecule has 0 bridgehead atoms. The number of halogens is 1. The molecule has 0 saturated heterocycles. The fraction of sp³-hybridized carbons (Fsp3) is 0.133. The largest absolute Gasteiger partial charge is 0.457 e. The van der Waals surface area contributed by atoms with Gasteiger partial charge in [0.25, 0.3) is 0 Å². The van der Waals surface area contributed by atoms with E-state index in [-0.39, 0.29) is 5.97 Å². The van der Waals surface area contributed by atoms with Gasteiger partial charge in [-0.2, -0.15) is 0 Å². The average molecular weight is 305 g/mol. The molecule has 0 N–H and O–H groups in total. The van der Waals surface area contributed by atoms with Crippen molar-refractivity contribution in [1.82, 2.24) is 0 Å². The summed E-state index contributed by atoms with van der Waals surface area (Å²) in [6.45, 7) is 0.304. The molecule has 92 valence electrons. The SMILES string of the molecule is O=C(OCc1ccccc1)c1cccc(CBr)c1. The second-order valence-corrected chi connectivity index (χ2v) is 4.46. The van der Waals surface area contributed by atoms with E-state index in [0.29, 0.717) is 12.2 Å². The maximum Gasteiger partial charge on any atom is 0.338 e. The third-order valence-corrected chi connectivity index (χ3v) is 3.18. The molecular formula is C15H13BrO2. The third kappa shape index (κ3) is 3.44. The van der Waals surface area contributed by atoms with E-state index in [9.17, 15) is 4.79 Å². The van der Waals surface area contributed by atoms with Gasteiger partial charge in [-0.3, -0.25) is 0 Å². The van der Waals surface area contributed by atoms with Gasteiger partial charge < -0.3 is 4.74 Å². The standard InChI is InChI=1S/C15H13BrO2/c16-10-13-7-4-8-14(9-13)15(17)18-11-12-5-2-1-3-6-12/h1-9H,10-11H2. The molecule has 0 amide bonds. The fourth-order valence-electron chi connectivity index (χ4n) is 1.59. The number of alkyl halides is 1. The van der Waals surface area contributed by atoms with E-state index >= 15 is 0 Å². The Morgan fingerprint density at radius 1 is 1.00 bits per heavy atom. The summed E-state index contributed by atoms with van der Waals surface area (Å²) in [6.07, 6.45) is 0. The fourth-order valence-corrected chi connectivity index (χ4v) is 1.94. The van der Waals surface area contributed by atoms with Crippen LogP contribution in [0.25, 0.3) is 0 Å². The Morgan fingerprint density at radius 3 is 2.44 bits per heavy atom. The van der Waals surface area contributed by atoms with Gasteiger partial charge in [-0.1, -0.05) is 58.4 Å². The van der Waals surface area contributed by atoms with E-state index in [1.54, 1.807) is 6.07 Å². The zero-order chi connectivity index (χ0) is 12.8. The van der Waals surface area contributed by atoms with Crippen molar-refractivity contribution in [2.24, 2.45) is 0 Å². The zero-order valence-corrected chi connectivity index (χ0v) is 11.4. The number of rotatable bonds is 4. The number of ether oxygens (including phenoxy) is 1. The predicted molar refractivity (Wildman–Crippen MR) is 74.6 cm³/mol. The van der Waals surface area contributed by atoms with E-state index in [0.717, 1.165) is 16.5 Å². The van der Waals surface area contributed by atoms with Crippen LogP contribution in [0.2, 0.25) is 0 Å². The molecule has 0 aliphatic rings. The van der Waals surface area contributed by atoms with Crippen LogP contribution in [0.15, 0.2) is 54.6 Å². The second kappa shape index (κ2) is 6.36. The van der Waals surface area contributed by atoms with Crippen molar-refractivity contribution in [3.05, 3.63) is 71.3 Å². The number of hydrogen-bond donors (Lipinski definition) is 0. The molecule has 2 aromatic carbocycles. The van der Waals surface area contributed by atoms with Crippen LogP contribution in [0.5, 0.6) is 0 Å². The summed E-state index contributed by atoms with van der Waals surface area (Å²) in [7, 11) is 0. The molecule has 0 saturated carbocycles. The molecule has 2 aromatic rings. The molecule has 0 unspecified atom stereocenters. The maximum absolute atomic E-state index is 11.8. The van der Waals surface area contributed by atoms with E-state index in [2.05, 4.69) is 15.9 Å². The third-order valence-electron chi connectivity index (χ3n) is 2.53. The molecule has 0 aliphatic heterocycles. The summed E-state index contributed by atoms with van der Waals surface area (Å²) in [5, 5.41) is 0.729. The predicted octanol–water partition coefficient (Wildman–Crippen LogP) is 3.94. The molecule has 0 aromatic heterocycles. The van der Waals surface area contributed by atoms with Crippen LogP contribution in [0, 0.1) is 0 Å². The Kier molecular flexibility index (Phi) is 4.53. The highest BCUT2D eigenvalue weighted by Gasteiger charge is 2.07. The van der Waals surface area contributed by atoms with E-state index in [1.807, 2.05) is 48.5 Å². The van der Waals surface area contributed by atoms with Crippen molar-refractivity contribution in [2.75, 3.05) is 0 Å². The Hall–Kier alpha value is -1.61. The van der Waals surface area contributed by atoms with Gasteiger partial charge in [-0.05, 0) is 23.3 Å². The van der Waals surface area contributed by atoms with Crippen molar-refractivity contribution >= 4 is 21.9 Å². The van der Waals surface area contributed by atoms with Crippen LogP contribution in [-0.4, -0.2) is 5.97 Å². The normalized spacial score (nSPS) is 10.1. The summed E-state index contributed by atoms with van der Waals surface area (Å²) in [4.78, 5) is 11.8. The first-order valence-corrected chi connectivity index (χ1v) is 6.77. The summed E-state index contributed by atoms with van der Waals surface area (Å²) in [5.74, 6) is -0.290. The summed E-state index contributed by atoms with van der Waals surface area (Å²) in [6, 6.07) is 17.1. The van der Waals surface area contributed by atoms with Crippen molar-refractivity contribution in [2.45, 2.75) is 11.9 Å². The smallest absolute Gasteiger partial charge is 0.338 e. The molecule has 0 atom stereocenters. The maximum atomic E-state index is 11.8. The van der Waals surface area contributed by atoms with Gasteiger partial charge in [0.1, 0.15) is 6.61 Å². The molecule has 0 fully saturated rings. The Balaban J connectivity index is 1.99. The molecule has 0 radical (unpaired) electrons. The highest BCUT2D eigenvalue weighted by Crippen LogP contribution is 2.11. The lowest BCUT2D eigenvalue weighted by molar-refractivity contribution is 0.0472. The van der Waals surface area contributed by atoms with Gasteiger partial charge in [0.05, 0.1) is 5.56 Å². The van der Waals surface area contributed by atoms with Crippen LogP contribution in [0.1, 0.15) is 21.5 Å². The van der Waals surface area contributed by atoms with Crippen molar-refractivity contribution in [3.63, 3.8) is 0 Å². The van der Waals surface area contributed by atoms with Crippen LogP contribution < -0.4 is 0 Å². The van der Waals surface area contributed by atoms with Gasteiger partial charge in [-0.15, -0.1) is 0 Å². The number of hydrogen-bond acceptors (Lipinski definition) is 2. The molecule has 3 heteroatoms. The topological polar surface area (TPSA) is 26.3 Å². The Morgan fingerprint density at radius 2 is 1.72 bits per heavy atom. The van der Waals surface area contributed by atoms with Crippen molar-refractivity contribution < 1.29 is 9.53 Å². The molecule has 0 aliphatic carbocycles. The molecule has 18 heavy (non-hydrogen) atoms. The first-order valence-electron chi connectivity index (χ1n) is 5.65. The summed E-state index contributed by atoms with van der Waals surface area (Å²) >= 11 is 3.36. The molecule has 2 nitrogen and oxygen atoms in total. The van der Waals surface area contributed by atoms with Gasteiger partial charge in [-0.25, -0.2) is 4.79 Å². The first-order chi connectivity index (χ1) is 8.79. The molecule has 2 rings (SSSR count). The van der Waals surface area contributed by atoms with Gasteiger partial charge in [0.15, 0.2) is 0 Å². The quantitative estimate of drug-likeness (QED) is 0.632. The van der Waals surface area contributed by atoms with Gasteiger partial charge >= 0.3 is 5.97 Å². The Labute approximate surface area is 115 Å². The van der Waals surface area contributed by atoms with Crippen LogP contribution in [-0.2, 0) is 16.7 Å². The van der Waals surface area contributed by atoms with Gasteiger partial charge in [0, 0.05) is 5.33 Å². The zero-order valence-electron chi connectivity index (χ0n) is 9.80.